The highest BCUT2D eigenvalue weighted by Crippen LogP contribution is 2.27. The van der Waals surface area contributed by atoms with Gasteiger partial charge in [-0.2, -0.15) is 10.2 Å². The van der Waals surface area contributed by atoms with Crippen LogP contribution in [0.5, 0.6) is 5.75 Å². The average Bonchev–Trinajstić information content (AvgIpc) is 3.49. The summed E-state index contributed by atoms with van der Waals surface area (Å²) < 4.78 is 71.4. The van der Waals surface area contributed by atoms with Gasteiger partial charge >= 0.3 is 6.36 Å². The monoisotopic (exact) mass is 603 g/mol. The van der Waals surface area contributed by atoms with Crippen LogP contribution >= 0.6 is 0 Å². The molecule has 0 unspecified atom stereocenters. The Hall–Kier alpha value is -4.33. The third-order valence-electron chi connectivity index (χ3n) is 6.99. The molecule has 1 saturated heterocycles. The van der Waals surface area contributed by atoms with Gasteiger partial charge in [-0.05, 0) is 55.0 Å². The molecular formula is C29H30F5N7O2. The number of nitrogens with zero attached hydrogens (tertiary/aromatic N) is 7. The van der Waals surface area contributed by atoms with Crippen LogP contribution in [0.15, 0.2) is 54.6 Å². The maximum atomic E-state index is 13.4. The Morgan fingerprint density at radius 1 is 0.953 bits per heavy atom. The van der Waals surface area contributed by atoms with E-state index in [2.05, 4.69) is 19.9 Å². The van der Waals surface area contributed by atoms with E-state index in [4.69, 9.17) is 0 Å². The van der Waals surface area contributed by atoms with Crippen LogP contribution in [0.4, 0.5) is 22.0 Å². The van der Waals surface area contributed by atoms with Gasteiger partial charge in [0.2, 0.25) is 0 Å². The SMILES string of the molecule is Cc1cc(-c2nc(-c3ccc(OC(F)(F)F)cc3)nn2C)nn1Cc1cccc(C(=O)N2CCN(CC(C)(F)F)CC2)c1. The van der Waals surface area contributed by atoms with Gasteiger partial charge < -0.3 is 9.64 Å². The van der Waals surface area contributed by atoms with Crippen LogP contribution in [0.1, 0.15) is 28.5 Å². The second kappa shape index (κ2) is 11.7. The summed E-state index contributed by atoms with van der Waals surface area (Å²) in [6.07, 6.45) is -4.78. The molecule has 4 aromatic rings. The van der Waals surface area contributed by atoms with E-state index in [0.29, 0.717) is 61.2 Å². The first-order valence-corrected chi connectivity index (χ1v) is 13.5. The van der Waals surface area contributed by atoms with Crippen molar-refractivity contribution in [2.45, 2.75) is 32.7 Å². The summed E-state index contributed by atoms with van der Waals surface area (Å²) in [4.78, 5) is 21.1. The number of carbonyl (C=O) groups excluding carboxylic acids is 1. The minimum atomic E-state index is -4.78. The Morgan fingerprint density at radius 2 is 1.65 bits per heavy atom. The molecule has 2 aromatic carbocycles. The molecule has 0 N–H and O–H groups in total. The molecule has 1 fully saturated rings. The zero-order chi connectivity index (χ0) is 30.9. The van der Waals surface area contributed by atoms with Crippen molar-refractivity contribution in [3.63, 3.8) is 0 Å². The van der Waals surface area contributed by atoms with Crippen LogP contribution in [0.2, 0.25) is 0 Å². The summed E-state index contributed by atoms with van der Waals surface area (Å²) in [6, 6.07) is 14.4. The number of piperazine rings is 1. The van der Waals surface area contributed by atoms with E-state index in [-0.39, 0.29) is 18.2 Å². The van der Waals surface area contributed by atoms with Gasteiger partial charge in [-0.15, -0.1) is 13.2 Å². The highest BCUT2D eigenvalue weighted by Gasteiger charge is 2.31. The number of halogens is 5. The maximum absolute atomic E-state index is 13.4. The Bertz CT molecular complexity index is 1580. The molecule has 5 rings (SSSR count). The lowest BCUT2D eigenvalue weighted by Crippen LogP contribution is -2.51. The number of aromatic nitrogens is 5. The highest BCUT2D eigenvalue weighted by molar-refractivity contribution is 5.94. The first-order chi connectivity index (χ1) is 20.2. The quantitative estimate of drug-likeness (QED) is 0.264. The number of ether oxygens (including phenoxy) is 1. The molecule has 43 heavy (non-hydrogen) atoms. The lowest BCUT2D eigenvalue weighted by Gasteiger charge is -2.35. The van der Waals surface area contributed by atoms with Gasteiger partial charge in [0.1, 0.15) is 11.4 Å². The summed E-state index contributed by atoms with van der Waals surface area (Å²) >= 11 is 0. The maximum Gasteiger partial charge on any atom is 0.573 e. The van der Waals surface area contributed by atoms with Crippen LogP contribution in [0, 0.1) is 6.92 Å². The lowest BCUT2D eigenvalue weighted by molar-refractivity contribution is -0.274. The molecular weight excluding hydrogens is 573 g/mol. The highest BCUT2D eigenvalue weighted by atomic mass is 19.4. The number of hydrogen-bond donors (Lipinski definition) is 0. The van der Waals surface area contributed by atoms with Gasteiger partial charge in [-0.25, -0.2) is 18.4 Å². The number of amides is 1. The fraction of sp³-hybridized carbons (Fsp3) is 0.379. The predicted molar refractivity (Wildman–Crippen MR) is 148 cm³/mol. The molecule has 1 aliphatic heterocycles. The largest absolute Gasteiger partial charge is 0.573 e. The molecule has 0 spiro atoms. The van der Waals surface area contributed by atoms with Gasteiger partial charge in [0, 0.05) is 57.0 Å². The Morgan fingerprint density at radius 3 is 2.30 bits per heavy atom. The van der Waals surface area contributed by atoms with Crippen molar-refractivity contribution >= 4 is 5.91 Å². The number of rotatable bonds is 8. The molecule has 0 bridgehead atoms. The average molecular weight is 604 g/mol. The zero-order valence-electron chi connectivity index (χ0n) is 23.8. The summed E-state index contributed by atoms with van der Waals surface area (Å²) in [7, 11) is 1.70. The molecule has 3 heterocycles. The number of carbonyl (C=O) groups is 1. The van der Waals surface area contributed by atoms with Crippen LogP contribution in [-0.2, 0) is 13.6 Å². The molecule has 9 nitrogen and oxygen atoms in total. The van der Waals surface area contributed by atoms with E-state index in [1.165, 1.54) is 24.3 Å². The van der Waals surface area contributed by atoms with Gasteiger partial charge in [0.05, 0.1) is 13.1 Å². The molecule has 1 amide bonds. The molecule has 0 aliphatic carbocycles. The summed E-state index contributed by atoms with van der Waals surface area (Å²) in [5.41, 5.74) is 3.28. The lowest BCUT2D eigenvalue weighted by atomic mass is 10.1. The molecule has 1 aliphatic rings. The number of benzene rings is 2. The van der Waals surface area contributed by atoms with Crippen molar-refractivity contribution in [2.75, 3.05) is 32.7 Å². The van der Waals surface area contributed by atoms with Gasteiger partial charge in [0.25, 0.3) is 11.8 Å². The molecule has 0 atom stereocenters. The van der Waals surface area contributed by atoms with Gasteiger partial charge in [-0.1, -0.05) is 12.1 Å². The third-order valence-corrected chi connectivity index (χ3v) is 6.99. The van der Waals surface area contributed by atoms with E-state index in [0.717, 1.165) is 18.2 Å². The topological polar surface area (TPSA) is 81.3 Å². The number of alkyl halides is 5. The smallest absolute Gasteiger partial charge is 0.406 e. The van der Waals surface area contributed by atoms with Crippen molar-refractivity contribution in [1.29, 1.82) is 0 Å². The molecule has 0 saturated carbocycles. The minimum Gasteiger partial charge on any atom is -0.406 e. The first-order valence-electron chi connectivity index (χ1n) is 13.5. The molecule has 14 heteroatoms. The van der Waals surface area contributed by atoms with Crippen LogP contribution in [0.3, 0.4) is 0 Å². The van der Waals surface area contributed by atoms with Crippen molar-refractivity contribution in [3.05, 3.63) is 71.4 Å². The third kappa shape index (κ3) is 7.55. The second-order valence-corrected chi connectivity index (χ2v) is 10.6. The number of aryl methyl sites for hydroxylation is 2. The second-order valence-electron chi connectivity index (χ2n) is 10.6. The van der Waals surface area contributed by atoms with E-state index >= 15 is 0 Å². The van der Waals surface area contributed by atoms with Gasteiger partial charge in [-0.3, -0.25) is 14.4 Å². The van der Waals surface area contributed by atoms with E-state index in [9.17, 15) is 26.7 Å². The Labute approximate surface area is 244 Å². The molecule has 228 valence electrons. The minimum absolute atomic E-state index is 0.146. The normalized spacial score (nSPS) is 14.7. The standard InChI is InChI=1S/C29H30F5N7O2/c1-19-15-24(26-35-25(37-38(26)3)21-7-9-23(10-8-21)43-29(32,33)34)36-41(19)17-20-5-4-6-22(16-20)27(42)40-13-11-39(12-14-40)18-28(2,30)31/h4-10,15-16H,11-14,17-18H2,1-3H3. The number of hydrogen-bond acceptors (Lipinski definition) is 6. The van der Waals surface area contributed by atoms with Crippen molar-refractivity contribution < 1.29 is 31.5 Å². The Balaban J connectivity index is 1.26. The van der Waals surface area contributed by atoms with E-state index in [1.807, 2.05) is 25.1 Å². The van der Waals surface area contributed by atoms with Crippen molar-refractivity contribution in [3.8, 4) is 28.7 Å². The summed E-state index contributed by atoms with van der Waals surface area (Å²) in [5.74, 6) is -2.47. The molecule has 2 aromatic heterocycles. The fourth-order valence-corrected chi connectivity index (χ4v) is 4.97. The Kier molecular flexibility index (Phi) is 8.23. The van der Waals surface area contributed by atoms with Crippen LogP contribution in [-0.4, -0.2) is 85.3 Å². The van der Waals surface area contributed by atoms with Crippen molar-refractivity contribution in [1.82, 2.24) is 34.3 Å². The van der Waals surface area contributed by atoms with Gasteiger partial charge in [0.15, 0.2) is 11.6 Å². The summed E-state index contributed by atoms with van der Waals surface area (Å²) in [6.45, 7) is 4.40. The van der Waals surface area contributed by atoms with Crippen LogP contribution in [0.25, 0.3) is 22.9 Å². The van der Waals surface area contributed by atoms with Crippen molar-refractivity contribution in [2.24, 2.45) is 7.05 Å². The predicted octanol–water partition coefficient (Wildman–Crippen LogP) is 5.01. The molecule has 0 radical (unpaired) electrons. The fourth-order valence-electron chi connectivity index (χ4n) is 4.97. The van der Waals surface area contributed by atoms with E-state index in [1.54, 1.807) is 38.3 Å². The first kappa shape index (κ1) is 30.1. The van der Waals surface area contributed by atoms with Crippen LogP contribution < -0.4 is 4.74 Å². The summed E-state index contributed by atoms with van der Waals surface area (Å²) in [5, 5.41) is 9.08. The zero-order valence-corrected chi connectivity index (χ0v) is 23.8. The van der Waals surface area contributed by atoms with E-state index < -0.39 is 12.3 Å².